The topological polar surface area (TPSA) is 85.3 Å². The zero-order chi connectivity index (χ0) is 19.8. The molecule has 0 saturated heterocycles. The van der Waals surface area contributed by atoms with Gasteiger partial charge in [-0.05, 0) is 23.8 Å². The molecule has 2 rings (SSSR count). The maximum atomic E-state index is 12.1. The Bertz CT molecular complexity index is 805. The molecule has 0 bridgehead atoms. The maximum absolute atomic E-state index is 12.1. The molecule has 0 aromatic heterocycles. The molecule has 0 aliphatic heterocycles. The number of anilines is 1. The van der Waals surface area contributed by atoms with Crippen molar-refractivity contribution >= 4 is 17.6 Å². The zero-order valence-electron chi connectivity index (χ0n) is 15.6. The Hall–Kier alpha value is -3.22. The zero-order valence-corrected chi connectivity index (χ0v) is 15.6. The highest BCUT2D eigenvalue weighted by Gasteiger charge is 2.19. The van der Waals surface area contributed by atoms with E-state index in [0.717, 1.165) is 5.56 Å². The molecule has 0 amide bonds. The molecule has 0 atom stereocenters. The van der Waals surface area contributed by atoms with Crippen LogP contribution in [0.25, 0.3) is 0 Å². The number of methoxy groups -OCH3 is 3. The van der Waals surface area contributed by atoms with Gasteiger partial charge in [0.1, 0.15) is 11.5 Å². The summed E-state index contributed by atoms with van der Waals surface area (Å²) in [4.78, 5) is 25.0. The molecule has 2 aromatic carbocycles. The minimum atomic E-state index is -0.914. The summed E-state index contributed by atoms with van der Waals surface area (Å²) in [6, 6.07) is 12.4. The van der Waals surface area contributed by atoms with Gasteiger partial charge in [0.2, 0.25) is 0 Å². The molecule has 0 spiro atoms. The number of aliphatic carboxylic acids is 1. The molecule has 144 valence electrons. The molecule has 0 radical (unpaired) electrons. The third-order valence-corrected chi connectivity index (χ3v) is 4.11. The monoisotopic (exact) mass is 373 g/mol. The van der Waals surface area contributed by atoms with Crippen LogP contribution >= 0.6 is 0 Å². The minimum absolute atomic E-state index is 0.0687. The number of benzene rings is 2. The summed E-state index contributed by atoms with van der Waals surface area (Å²) in [6.45, 7) is 0.538. The van der Waals surface area contributed by atoms with E-state index in [4.69, 9.17) is 19.3 Å². The van der Waals surface area contributed by atoms with Gasteiger partial charge in [-0.3, -0.25) is 4.79 Å². The molecule has 0 unspecified atom stereocenters. The van der Waals surface area contributed by atoms with Crippen LogP contribution in [0.4, 0.5) is 5.69 Å². The van der Waals surface area contributed by atoms with Crippen molar-refractivity contribution in [3.63, 3.8) is 0 Å². The van der Waals surface area contributed by atoms with E-state index in [0.29, 0.717) is 29.3 Å². The molecule has 1 N–H and O–H groups in total. The fourth-order valence-electron chi connectivity index (χ4n) is 2.73. The summed E-state index contributed by atoms with van der Waals surface area (Å²) >= 11 is 0. The van der Waals surface area contributed by atoms with Crippen LogP contribution in [0.3, 0.4) is 0 Å². The van der Waals surface area contributed by atoms with Gasteiger partial charge in [0, 0.05) is 19.2 Å². The molecule has 27 heavy (non-hydrogen) atoms. The molecular weight excluding hydrogens is 350 g/mol. The minimum Gasteiger partial charge on any atom is -0.497 e. The number of carbonyl (C=O) groups is 2. The summed E-state index contributed by atoms with van der Waals surface area (Å²) < 4.78 is 15.6. The van der Waals surface area contributed by atoms with Gasteiger partial charge in [-0.2, -0.15) is 0 Å². The lowest BCUT2D eigenvalue weighted by atomic mass is 10.1. The first-order valence-corrected chi connectivity index (χ1v) is 8.35. The standard InChI is InChI=1S/C20H23NO6/c1-25-15-8-9-18(26-2)17(12-15)21(11-10-19(22)23)13-14-6-4-5-7-16(14)20(24)27-3/h4-9,12H,10-11,13H2,1-3H3,(H,22,23). The Morgan fingerprint density at radius 1 is 1.04 bits per heavy atom. The highest BCUT2D eigenvalue weighted by molar-refractivity contribution is 5.91. The summed E-state index contributed by atoms with van der Waals surface area (Å²) in [5, 5.41) is 9.13. The Morgan fingerprint density at radius 3 is 2.41 bits per heavy atom. The fraction of sp³-hybridized carbons (Fsp3) is 0.300. The summed E-state index contributed by atoms with van der Waals surface area (Å²) in [6.07, 6.45) is -0.0687. The van der Waals surface area contributed by atoms with Gasteiger partial charge in [-0.25, -0.2) is 4.79 Å². The number of hydrogen-bond acceptors (Lipinski definition) is 6. The van der Waals surface area contributed by atoms with Crippen LogP contribution < -0.4 is 14.4 Å². The first-order valence-electron chi connectivity index (χ1n) is 8.35. The number of carboxylic acid groups (broad SMARTS) is 1. The average Bonchev–Trinajstić information content (AvgIpc) is 2.70. The molecule has 7 nitrogen and oxygen atoms in total. The van der Waals surface area contributed by atoms with Gasteiger partial charge < -0.3 is 24.2 Å². The van der Waals surface area contributed by atoms with Crippen LogP contribution in [-0.4, -0.2) is 44.9 Å². The van der Waals surface area contributed by atoms with Crippen LogP contribution in [0.15, 0.2) is 42.5 Å². The Morgan fingerprint density at radius 2 is 1.78 bits per heavy atom. The number of rotatable bonds is 9. The van der Waals surface area contributed by atoms with Crippen molar-refractivity contribution in [2.45, 2.75) is 13.0 Å². The first-order chi connectivity index (χ1) is 13.0. The quantitative estimate of drug-likeness (QED) is 0.676. The van der Waals surface area contributed by atoms with Crippen LogP contribution in [0.1, 0.15) is 22.3 Å². The van der Waals surface area contributed by atoms with E-state index in [-0.39, 0.29) is 13.0 Å². The van der Waals surface area contributed by atoms with Crippen molar-refractivity contribution in [1.82, 2.24) is 0 Å². The second kappa shape index (κ2) is 9.47. The van der Waals surface area contributed by atoms with Crippen molar-refractivity contribution in [1.29, 1.82) is 0 Å². The van der Waals surface area contributed by atoms with E-state index in [1.54, 1.807) is 44.6 Å². The summed E-state index contributed by atoms with van der Waals surface area (Å²) in [7, 11) is 4.43. The van der Waals surface area contributed by atoms with E-state index < -0.39 is 11.9 Å². The van der Waals surface area contributed by atoms with Gasteiger partial charge in [0.05, 0.1) is 39.0 Å². The summed E-state index contributed by atoms with van der Waals surface area (Å²) in [5.41, 5.74) is 1.83. The normalized spacial score (nSPS) is 10.2. The number of esters is 1. The van der Waals surface area contributed by atoms with Crippen LogP contribution in [0.5, 0.6) is 11.5 Å². The molecule has 7 heteroatoms. The number of ether oxygens (including phenoxy) is 3. The Kier molecular flexibility index (Phi) is 7.05. The average molecular weight is 373 g/mol. The predicted octanol–water partition coefficient (Wildman–Crippen LogP) is 2.97. The first kappa shape index (κ1) is 20.1. The van der Waals surface area contributed by atoms with Crippen LogP contribution in [0.2, 0.25) is 0 Å². The largest absolute Gasteiger partial charge is 0.497 e. The smallest absolute Gasteiger partial charge is 0.338 e. The van der Waals surface area contributed by atoms with E-state index in [1.165, 1.54) is 7.11 Å². The number of nitrogens with zero attached hydrogens (tertiary/aromatic N) is 1. The molecule has 0 aliphatic carbocycles. The second-order valence-electron chi connectivity index (χ2n) is 5.75. The Labute approximate surface area is 158 Å². The van der Waals surface area contributed by atoms with E-state index in [9.17, 15) is 9.59 Å². The Balaban J connectivity index is 2.45. The molecular formula is C20H23NO6. The van der Waals surface area contributed by atoms with Gasteiger partial charge >= 0.3 is 11.9 Å². The second-order valence-corrected chi connectivity index (χ2v) is 5.75. The van der Waals surface area contributed by atoms with E-state index in [1.807, 2.05) is 17.0 Å². The van der Waals surface area contributed by atoms with Gasteiger partial charge in [0.15, 0.2) is 0 Å². The van der Waals surface area contributed by atoms with Gasteiger partial charge in [-0.1, -0.05) is 18.2 Å². The van der Waals surface area contributed by atoms with Crippen LogP contribution in [-0.2, 0) is 16.1 Å². The number of carbonyl (C=O) groups excluding carboxylic acids is 1. The van der Waals surface area contributed by atoms with Gasteiger partial charge in [0.25, 0.3) is 0 Å². The third kappa shape index (κ3) is 5.13. The molecule has 2 aromatic rings. The van der Waals surface area contributed by atoms with Gasteiger partial charge in [-0.15, -0.1) is 0 Å². The van der Waals surface area contributed by atoms with Crippen molar-refractivity contribution in [3.8, 4) is 11.5 Å². The molecule has 0 aliphatic rings. The SMILES string of the molecule is COC(=O)c1ccccc1CN(CCC(=O)O)c1cc(OC)ccc1OC. The number of carboxylic acids is 1. The highest BCUT2D eigenvalue weighted by Crippen LogP contribution is 2.33. The highest BCUT2D eigenvalue weighted by atomic mass is 16.5. The lowest BCUT2D eigenvalue weighted by molar-refractivity contribution is -0.136. The lowest BCUT2D eigenvalue weighted by Crippen LogP contribution is -2.27. The van der Waals surface area contributed by atoms with Crippen LogP contribution in [0, 0.1) is 0 Å². The summed E-state index contributed by atoms with van der Waals surface area (Å²) in [5.74, 6) is -0.159. The lowest BCUT2D eigenvalue weighted by Gasteiger charge is -2.27. The van der Waals surface area contributed by atoms with Crippen molar-refractivity contribution in [3.05, 3.63) is 53.6 Å². The molecule has 0 saturated carbocycles. The fourth-order valence-corrected chi connectivity index (χ4v) is 2.73. The molecule has 0 heterocycles. The van der Waals surface area contributed by atoms with Crippen molar-refractivity contribution in [2.24, 2.45) is 0 Å². The predicted molar refractivity (Wildman–Crippen MR) is 101 cm³/mol. The van der Waals surface area contributed by atoms with E-state index in [2.05, 4.69) is 0 Å². The van der Waals surface area contributed by atoms with Crippen molar-refractivity contribution in [2.75, 3.05) is 32.8 Å². The number of hydrogen-bond donors (Lipinski definition) is 1. The maximum Gasteiger partial charge on any atom is 0.338 e. The molecule has 0 fully saturated rings. The van der Waals surface area contributed by atoms with Crippen molar-refractivity contribution < 1.29 is 28.9 Å². The van der Waals surface area contributed by atoms with E-state index >= 15 is 0 Å². The third-order valence-electron chi connectivity index (χ3n) is 4.11.